The van der Waals surface area contributed by atoms with E-state index < -0.39 is 21.8 Å². The van der Waals surface area contributed by atoms with Crippen LogP contribution in [0.5, 0.6) is 0 Å². The molecule has 3 N–H and O–H groups in total. The van der Waals surface area contributed by atoms with Crippen LogP contribution in [-0.4, -0.2) is 61.6 Å². The number of rotatable bonds is 4. The predicted molar refractivity (Wildman–Crippen MR) is 55.3 cm³/mol. The predicted octanol–water partition coefficient (Wildman–Crippen LogP) is -1.48. The topological polar surface area (TPSA) is 101 Å². The summed E-state index contributed by atoms with van der Waals surface area (Å²) in [7, 11) is -1.22. The Morgan fingerprint density at radius 3 is 2.67 bits per heavy atom. The van der Waals surface area contributed by atoms with Crippen LogP contribution in [-0.2, 0) is 14.6 Å². The van der Waals surface area contributed by atoms with Crippen molar-refractivity contribution in [2.45, 2.75) is 18.5 Å². The number of likely N-dealkylation sites (N-methyl/N-ethyl adjacent to an activating group) is 1. The summed E-state index contributed by atoms with van der Waals surface area (Å²) in [6, 6.07) is -1.06. The molecule has 0 saturated carbocycles. The lowest BCUT2D eigenvalue weighted by molar-refractivity contribution is -0.139. The van der Waals surface area contributed by atoms with Gasteiger partial charge in [-0.1, -0.05) is 0 Å². The van der Waals surface area contributed by atoms with Crippen LogP contribution < -0.4 is 5.73 Å². The molecular formula is C8H16N2O4S. The maximum absolute atomic E-state index is 11.2. The van der Waals surface area contributed by atoms with Crippen LogP contribution in [0.4, 0.5) is 0 Å². The number of aliphatic carboxylic acids is 1. The third-order valence-corrected chi connectivity index (χ3v) is 4.38. The van der Waals surface area contributed by atoms with Crippen molar-refractivity contribution in [3.05, 3.63) is 0 Å². The first-order valence-electron chi connectivity index (χ1n) is 4.71. The molecule has 1 saturated heterocycles. The first kappa shape index (κ1) is 12.4. The number of hydrogen-bond donors (Lipinski definition) is 2. The maximum atomic E-state index is 11.2. The monoisotopic (exact) mass is 236 g/mol. The molecule has 0 bridgehead atoms. The van der Waals surface area contributed by atoms with E-state index in [-0.39, 0.29) is 24.1 Å². The zero-order valence-electron chi connectivity index (χ0n) is 8.59. The van der Waals surface area contributed by atoms with Gasteiger partial charge in [0, 0.05) is 12.6 Å². The molecule has 0 aliphatic carbocycles. The summed E-state index contributed by atoms with van der Waals surface area (Å²) in [6.07, 6.45) is 0.561. The lowest BCUT2D eigenvalue weighted by Crippen LogP contribution is -2.45. The van der Waals surface area contributed by atoms with Crippen molar-refractivity contribution in [2.24, 2.45) is 5.73 Å². The summed E-state index contributed by atoms with van der Waals surface area (Å²) in [5.41, 5.74) is 5.36. The van der Waals surface area contributed by atoms with E-state index in [0.29, 0.717) is 6.42 Å². The number of carboxylic acid groups (broad SMARTS) is 1. The molecule has 88 valence electrons. The quantitative estimate of drug-likeness (QED) is 0.617. The highest BCUT2D eigenvalue weighted by atomic mass is 32.2. The lowest BCUT2D eigenvalue weighted by Gasteiger charge is -2.24. The van der Waals surface area contributed by atoms with Crippen LogP contribution in [0.2, 0.25) is 0 Å². The Bertz CT molecular complexity index is 341. The van der Waals surface area contributed by atoms with Crippen LogP contribution in [0, 0.1) is 0 Å². The summed E-state index contributed by atoms with van der Waals surface area (Å²) < 4.78 is 22.4. The van der Waals surface area contributed by atoms with Crippen molar-refractivity contribution in [2.75, 3.05) is 25.1 Å². The third kappa shape index (κ3) is 3.44. The van der Waals surface area contributed by atoms with Crippen molar-refractivity contribution >= 4 is 15.8 Å². The van der Waals surface area contributed by atoms with Crippen molar-refractivity contribution in [1.29, 1.82) is 0 Å². The number of sulfone groups is 1. The van der Waals surface area contributed by atoms with Crippen LogP contribution in [0.25, 0.3) is 0 Å². The van der Waals surface area contributed by atoms with Gasteiger partial charge in [0.1, 0.15) is 6.04 Å². The smallest absolute Gasteiger partial charge is 0.321 e. The van der Waals surface area contributed by atoms with E-state index in [9.17, 15) is 13.2 Å². The van der Waals surface area contributed by atoms with Gasteiger partial charge in [-0.3, -0.25) is 4.79 Å². The summed E-state index contributed by atoms with van der Waals surface area (Å²) in [4.78, 5) is 12.2. The molecule has 0 aromatic heterocycles. The molecule has 15 heavy (non-hydrogen) atoms. The SMILES string of the molecule is CN(CC(N)C(=O)O)C1CCS(=O)(=O)C1. The standard InChI is InChI=1S/C8H16N2O4S/c1-10(4-7(9)8(11)12)6-2-3-15(13,14)5-6/h6-7H,2-5,9H2,1H3,(H,11,12). The van der Waals surface area contributed by atoms with E-state index in [1.165, 1.54) is 0 Å². The molecule has 1 fully saturated rings. The van der Waals surface area contributed by atoms with Gasteiger partial charge in [0.15, 0.2) is 9.84 Å². The summed E-state index contributed by atoms with van der Waals surface area (Å²) in [5.74, 6) is -0.775. The minimum absolute atomic E-state index is 0.0969. The first-order chi connectivity index (χ1) is 6.82. The van der Waals surface area contributed by atoms with E-state index in [2.05, 4.69) is 0 Å². The normalized spacial score (nSPS) is 26.7. The molecule has 1 aliphatic rings. The van der Waals surface area contributed by atoms with E-state index >= 15 is 0 Å². The van der Waals surface area contributed by atoms with Gasteiger partial charge in [0.25, 0.3) is 0 Å². The minimum atomic E-state index is -2.93. The lowest BCUT2D eigenvalue weighted by atomic mass is 10.2. The maximum Gasteiger partial charge on any atom is 0.321 e. The van der Waals surface area contributed by atoms with Gasteiger partial charge in [-0.05, 0) is 13.5 Å². The molecule has 1 heterocycles. The second kappa shape index (κ2) is 4.46. The molecule has 6 nitrogen and oxygen atoms in total. The van der Waals surface area contributed by atoms with Crippen LogP contribution in [0.15, 0.2) is 0 Å². The fourth-order valence-electron chi connectivity index (χ4n) is 1.66. The molecule has 1 rings (SSSR count). The van der Waals surface area contributed by atoms with Crippen molar-refractivity contribution in [3.8, 4) is 0 Å². The Kier molecular flexibility index (Phi) is 3.69. The van der Waals surface area contributed by atoms with Crippen LogP contribution in [0.3, 0.4) is 0 Å². The molecule has 0 radical (unpaired) electrons. The van der Waals surface area contributed by atoms with Gasteiger partial charge >= 0.3 is 5.97 Å². The molecule has 2 atom stereocenters. The second-order valence-corrected chi connectivity index (χ2v) is 6.17. The Labute approximate surface area is 89.0 Å². The Morgan fingerprint density at radius 1 is 1.67 bits per heavy atom. The Morgan fingerprint density at radius 2 is 2.27 bits per heavy atom. The van der Waals surface area contributed by atoms with Crippen molar-refractivity contribution in [1.82, 2.24) is 4.90 Å². The molecule has 2 unspecified atom stereocenters. The highest BCUT2D eigenvalue weighted by Gasteiger charge is 2.31. The third-order valence-electron chi connectivity index (χ3n) is 2.63. The minimum Gasteiger partial charge on any atom is -0.480 e. The van der Waals surface area contributed by atoms with Gasteiger partial charge in [-0.2, -0.15) is 0 Å². The van der Waals surface area contributed by atoms with Gasteiger partial charge < -0.3 is 15.7 Å². The zero-order chi connectivity index (χ0) is 11.6. The molecular weight excluding hydrogens is 220 g/mol. The van der Waals surface area contributed by atoms with Crippen LogP contribution in [0.1, 0.15) is 6.42 Å². The molecule has 7 heteroatoms. The molecule has 0 aromatic carbocycles. The van der Waals surface area contributed by atoms with Crippen molar-refractivity contribution in [3.63, 3.8) is 0 Å². The highest BCUT2D eigenvalue weighted by molar-refractivity contribution is 7.91. The highest BCUT2D eigenvalue weighted by Crippen LogP contribution is 2.16. The van der Waals surface area contributed by atoms with Gasteiger partial charge in [0.2, 0.25) is 0 Å². The molecule has 0 spiro atoms. The molecule has 0 aromatic rings. The summed E-state index contributed by atoms with van der Waals surface area (Å²) in [5, 5.41) is 8.61. The molecule has 0 amide bonds. The van der Waals surface area contributed by atoms with Gasteiger partial charge in [-0.25, -0.2) is 8.42 Å². The number of hydrogen-bond acceptors (Lipinski definition) is 5. The fourth-order valence-corrected chi connectivity index (χ4v) is 3.47. The van der Waals surface area contributed by atoms with Gasteiger partial charge in [-0.15, -0.1) is 0 Å². The van der Waals surface area contributed by atoms with Crippen LogP contribution >= 0.6 is 0 Å². The van der Waals surface area contributed by atoms with Gasteiger partial charge in [0.05, 0.1) is 11.5 Å². The van der Waals surface area contributed by atoms with E-state index in [0.717, 1.165) is 0 Å². The number of carbonyl (C=O) groups is 1. The first-order valence-corrected chi connectivity index (χ1v) is 6.53. The van der Waals surface area contributed by atoms with E-state index in [1.807, 2.05) is 0 Å². The second-order valence-electron chi connectivity index (χ2n) is 3.94. The Balaban J connectivity index is 2.49. The average molecular weight is 236 g/mol. The average Bonchev–Trinajstić information content (AvgIpc) is 2.45. The number of nitrogens with zero attached hydrogens (tertiary/aromatic N) is 1. The largest absolute Gasteiger partial charge is 0.480 e. The number of carboxylic acids is 1. The van der Waals surface area contributed by atoms with E-state index in [4.69, 9.17) is 10.8 Å². The fraction of sp³-hybridized carbons (Fsp3) is 0.875. The van der Waals surface area contributed by atoms with E-state index in [1.54, 1.807) is 11.9 Å². The Hall–Kier alpha value is -0.660. The molecule has 1 aliphatic heterocycles. The number of nitrogens with two attached hydrogens (primary N) is 1. The van der Waals surface area contributed by atoms with Crippen molar-refractivity contribution < 1.29 is 18.3 Å². The zero-order valence-corrected chi connectivity index (χ0v) is 9.40. The summed E-state index contributed by atoms with van der Waals surface area (Å²) >= 11 is 0. The summed E-state index contributed by atoms with van der Waals surface area (Å²) in [6.45, 7) is 0.176.